The van der Waals surface area contributed by atoms with Crippen molar-refractivity contribution in [2.45, 2.75) is 64.5 Å². The van der Waals surface area contributed by atoms with Crippen LogP contribution in [0.1, 0.15) is 52.9 Å². The zero-order valence-electron chi connectivity index (χ0n) is 11.7. The van der Waals surface area contributed by atoms with Crippen LogP contribution in [0.5, 0.6) is 0 Å². The minimum Gasteiger partial charge on any atom is -0.394 e. The van der Waals surface area contributed by atoms with E-state index in [4.69, 9.17) is 4.74 Å². The fourth-order valence-corrected chi connectivity index (χ4v) is 2.88. The van der Waals surface area contributed by atoms with Crippen molar-refractivity contribution in [1.82, 2.24) is 5.32 Å². The average molecular weight is 243 g/mol. The van der Waals surface area contributed by atoms with Gasteiger partial charge in [-0.25, -0.2) is 0 Å². The van der Waals surface area contributed by atoms with Crippen LogP contribution in [0.2, 0.25) is 0 Å². The predicted octanol–water partition coefficient (Wildman–Crippen LogP) is 2.33. The molecule has 2 atom stereocenters. The van der Waals surface area contributed by atoms with Gasteiger partial charge in [0.05, 0.1) is 12.7 Å². The lowest BCUT2D eigenvalue weighted by Crippen LogP contribution is -2.52. The van der Waals surface area contributed by atoms with Gasteiger partial charge in [0.25, 0.3) is 0 Å². The van der Waals surface area contributed by atoms with Crippen molar-refractivity contribution >= 4 is 0 Å². The fourth-order valence-electron chi connectivity index (χ4n) is 2.88. The van der Waals surface area contributed by atoms with Crippen molar-refractivity contribution < 1.29 is 9.84 Å². The van der Waals surface area contributed by atoms with Crippen molar-refractivity contribution in [3.8, 4) is 0 Å². The third kappa shape index (κ3) is 4.23. The van der Waals surface area contributed by atoms with E-state index in [-0.39, 0.29) is 12.1 Å². The molecule has 0 radical (unpaired) electrons. The van der Waals surface area contributed by atoms with Gasteiger partial charge in [-0.15, -0.1) is 0 Å². The van der Waals surface area contributed by atoms with Crippen LogP contribution in [0.4, 0.5) is 0 Å². The van der Waals surface area contributed by atoms with Crippen molar-refractivity contribution in [3.63, 3.8) is 0 Å². The maximum absolute atomic E-state index is 9.72. The Kier molecular flexibility index (Phi) is 6.45. The van der Waals surface area contributed by atoms with E-state index < -0.39 is 0 Å². The molecule has 0 amide bonds. The molecular weight excluding hydrogens is 214 g/mol. The summed E-state index contributed by atoms with van der Waals surface area (Å²) in [6.45, 7) is 8.40. The first-order valence-corrected chi connectivity index (χ1v) is 7.12. The third-order valence-corrected chi connectivity index (χ3v) is 3.88. The van der Waals surface area contributed by atoms with E-state index >= 15 is 0 Å². The molecule has 2 N–H and O–H groups in total. The predicted molar refractivity (Wildman–Crippen MR) is 71.2 cm³/mol. The Bertz CT molecular complexity index is 208. The first-order valence-electron chi connectivity index (χ1n) is 7.12. The van der Waals surface area contributed by atoms with Crippen LogP contribution in [0, 0.1) is 5.92 Å². The molecule has 3 nitrogen and oxygen atoms in total. The molecule has 1 fully saturated rings. The first kappa shape index (κ1) is 14.9. The number of ether oxygens (including phenoxy) is 1. The molecule has 0 saturated heterocycles. The Morgan fingerprint density at radius 2 is 2.24 bits per heavy atom. The minimum atomic E-state index is -0.0314. The van der Waals surface area contributed by atoms with Gasteiger partial charge >= 0.3 is 0 Å². The van der Waals surface area contributed by atoms with Gasteiger partial charge in [-0.2, -0.15) is 0 Å². The highest BCUT2D eigenvalue weighted by atomic mass is 16.5. The molecule has 0 aromatic heterocycles. The van der Waals surface area contributed by atoms with E-state index in [1.54, 1.807) is 0 Å². The molecule has 1 rings (SSSR count). The van der Waals surface area contributed by atoms with E-state index in [2.05, 4.69) is 26.1 Å². The molecule has 0 heterocycles. The smallest absolute Gasteiger partial charge is 0.0616 e. The highest BCUT2D eigenvalue weighted by molar-refractivity contribution is 4.98. The third-order valence-electron chi connectivity index (χ3n) is 3.88. The number of hydrogen-bond donors (Lipinski definition) is 2. The largest absolute Gasteiger partial charge is 0.394 e. The van der Waals surface area contributed by atoms with Crippen LogP contribution in [-0.4, -0.2) is 36.5 Å². The summed E-state index contributed by atoms with van der Waals surface area (Å²) in [7, 11) is 0. The standard InChI is InChI=1S/C14H29NO2/c1-4-9-15-14(11-16)8-5-6-13(14)7-10-17-12(2)3/h12-13,15-16H,4-11H2,1-3H3. The van der Waals surface area contributed by atoms with Gasteiger partial charge < -0.3 is 15.2 Å². The molecule has 17 heavy (non-hydrogen) atoms. The molecule has 2 unspecified atom stereocenters. The summed E-state index contributed by atoms with van der Waals surface area (Å²) in [5, 5.41) is 13.3. The molecule has 0 aromatic rings. The molecule has 102 valence electrons. The van der Waals surface area contributed by atoms with Crippen LogP contribution in [0.15, 0.2) is 0 Å². The van der Waals surface area contributed by atoms with Gasteiger partial charge in [0, 0.05) is 12.1 Å². The number of rotatable bonds is 8. The van der Waals surface area contributed by atoms with Crippen molar-refractivity contribution in [2.75, 3.05) is 19.8 Å². The van der Waals surface area contributed by atoms with Gasteiger partial charge in [-0.3, -0.25) is 0 Å². The summed E-state index contributed by atoms with van der Waals surface area (Å²) in [5.74, 6) is 0.567. The number of aliphatic hydroxyl groups excluding tert-OH is 1. The maximum atomic E-state index is 9.72. The molecular formula is C14H29NO2. The van der Waals surface area contributed by atoms with E-state index in [1.165, 1.54) is 12.8 Å². The summed E-state index contributed by atoms with van der Waals surface area (Å²) in [6, 6.07) is 0. The van der Waals surface area contributed by atoms with Gasteiger partial charge in [0.2, 0.25) is 0 Å². The molecule has 0 spiro atoms. The van der Waals surface area contributed by atoms with Crippen LogP contribution < -0.4 is 5.32 Å². The first-order chi connectivity index (χ1) is 8.14. The quantitative estimate of drug-likeness (QED) is 0.687. The van der Waals surface area contributed by atoms with E-state index in [1.807, 2.05) is 0 Å². The molecule has 0 bridgehead atoms. The van der Waals surface area contributed by atoms with Gasteiger partial charge in [0.15, 0.2) is 0 Å². The summed E-state index contributed by atoms with van der Waals surface area (Å²) < 4.78 is 5.64. The molecule has 0 aromatic carbocycles. The SMILES string of the molecule is CCCNC1(CO)CCCC1CCOC(C)C. The van der Waals surface area contributed by atoms with Gasteiger partial charge in [-0.05, 0) is 52.0 Å². The van der Waals surface area contributed by atoms with Gasteiger partial charge in [-0.1, -0.05) is 13.3 Å². The van der Waals surface area contributed by atoms with Crippen molar-refractivity contribution in [2.24, 2.45) is 5.92 Å². The second-order valence-corrected chi connectivity index (χ2v) is 5.54. The zero-order valence-corrected chi connectivity index (χ0v) is 11.7. The van der Waals surface area contributed by atoms with E-state index in [9.17, 15) is 5.11 Å². The monoisotopic (exact) mass is 243 g/mol. The lowest BCUT2D eigenvalue weighted by molar-refractivity contribution is 0.0488. The van der Waals surface area contributed by atoms with Crippen LogP contribution in [0.3, 0.4) is 0 Å². The highest BCUT2D eigenvalue weighted by Gasteiger charge is 2.41. The Balaban J connectivity index is 2.44. The van der Waals surface area contributed by atoms with E-state index in [0.717, 1.165) is 32.4 Å². The second-order valence-electron chi connectivity index (χ2n) is 5.54. The molecule has 0 aliphatic heterocycles. The topological polar surface area (TPSA) is 41.5 Å². The number of hydrogen-bond acceptors (Lipinski definition) is 3. The molecule has 3 heteroatoms. The Labute approximate surface area is 106 Å². The van der Waals surface area contributed by atoms with Crippen LogP contribution in [0.25, 0.3) is 0 Å². The molecule has 1 aliphatic carbocycles. The average Bonchev–Trinajstić information content (AvgIpc) is 2.70. The zero-order chi connectivity index (χ0) is 12.7. The lowest BCUT2D eigenvalue weighted by atomic mass is 9.85. The van der Waals surface area contributed by atoms with Crippen LogP contribution >= 0.6 is 0 Å². The molecule has 1 aliphatic rings. The fraction of sp³-hybridized carbons (Fsp3) is 1.00. The Morgan fingerprint density at radius 3 is 2.82 bits per heavy atom. The Hall–Kier alpha value is -0.120. The summed E-state index contributed by atoms with van der Waals surface area (Å²) in [5.41, 5.74) is -0.0314. The summed E-state index contributed by atoms with van der Waals surface area (Å²) >= 11 is 0. The Morgan fingerprint density at radius 1 is 1.47 bits per heavy atom. The van der Waals surface area contributed by atoms with Crippen LogP contribution in [-0.2, 0) is 4.74 Å². The van der Waals surface area contributed by atoms with Gasteiger partial charge in [0.1, 0.15) is 0 Å². The highest BCUT2D eigenvalue weighted by Crippen LogP contribution is 2.37. The maximum Gasteiger partial charge on any atom is 0.0616 e. The van der Waals surface area contributed by atoms with E-state index in [0.29, 0.717) is 12.0 Å². The summed E-state index contributed by atoms with van der Waals surface area (Å²) in [4.78, 5) is 0. The van der Waals surface area contributed by atoms with Crippen molar-refractivity contribution in [3.05, 3.63) is 0 Å². The van der Waals surface area contributed by atoms with Crippen molar-refractivity contribution in [1.29, 1.82) is 0 Å². The normalized spacial score (nSPS) is 29.1. The summed E-state index contributed by atoms with van der Waals surface area (Å²) in [6.07, 6.45) is 6.05. The number of nitrogens with one attached hydrogen (secondary N) is 1. The second kappa shape index (κ2) is 7.34. The molecule has 1 saturated carbocycles. The number of aliphatic hydroxyl groups is 1. The lowest BCUT2D eigenvalue weighted by Gasteiger charge is -2.35. The minimum absolute atomic E-state index is 0.0314.